The number of rotatable bonds is 3. The number of aryl methyl sites for hydroxylation is 1. The number of anilines is 1. The summed E-state index contributed by atoms with van der Waals surface area (Å²) in [5, 5.41) is 7.95. The summed E-state index contributed by atoms with van der Waals surface area (Å²) in [7, 11) is 1.52. The summed E-state index contributed by atoms with van der Waals surface area (Å²) in [5.41, 5.74) is 5.53. The van der Waals surface area contributed by atoms with Crippen LogP contribution in [0.5, 0.6) is 5.88 Å². The highest BCUT2D eigenvalue weighted by atomic mass is 32.2. The number of aromatic amines is 1. The molecule has 0 fully saturated rings. The van der Waals surface area contributed by atoms with Crippen LogP contribution in [0.4, 0.5) is 5.95 Å². The number of aromatic nitrogens is 5. The lowest BCUT2D eigenvalue weighted by Crippen LogP contribution is -1.98. The van der Waals surface area contributed by atoms with Gasteiger partial charge in [-0.15, -0.1) is 5.10 Å². The zero-order chi connectivity index (χ0) is 11.5. The van der Waals surface area contributed by atoms with Gasteiger partial charge < -0.3 is 10.5 Å². The van der Waals surface area contributed by atoms with Gasteiger partial charge >= 0.3 is 0 Å². The Labute approximate surface area is 95.9 Å². The molecule has 0 saturated carbocycles. The van der Waals surface area contributed by atoms with Gasteiger partial charge in [0.05, 0.1) is 7.11 Å². The van der Waals surface area contributed by atoms with Crippen LogP contribution in [0.25, 0.3) is 0 Å². The van der Waals surface area contributed by atoms with Crippen molar-refractivity contribution in [3.63, 3.8) is 0 Å². The molecular formula is C8H10N6OS. The number of nitrogens with two attached hydrogens (primary N) is 1. The molecule has 2 heterocycles. The van der Waals surface area contributed by atoms with E-state index in [1.807, 2.05) is 6.92 Å². The van der Waals surface area contributed by atoms with Crippen molar-refractivity contribution in [3.8, 4) is 5.88 Å². The molecule has 2 aromatic heterocycles. The number of nitrogens with one attached hydrogen (secondary N) is 1. The van der Waals surface area contributed by atoms with Gasteiger partial charge in [0, 0.05) is 6.07 Å². The van der Waals surface area contributed by atoms with E-state index in [1.165, 1.54) is 18.9 Å². The molecule has 7 nitrogen and oxygen atoms in total. The van der Waals surface area contributed by atoms with Crippen LogP contribution in [0.15, 0.2) is 16.2 Å². The second-order valence-electron chi connectivity index (χ2n) is 2.91. The fourth-order valence-electron chi connectivity index (χ4n) is 1.04. The number of methoxy groups -OCH3 is 1. The minimum Gasteiger partial charge on any atom is -0.481 e. The number of H-pyrrole nitrogens is 1. The van der Waals surface area contributed by atoms with Crippen molar-refractivity contribution in [2.45, 2.75) is 17.1 Å². The molecule has 0 aliphatic heterocycles. The fourth-order valence-corrected chi connectivity index (χ4v) is 1.80. The Balaban J connectivity index is 2.24. The van der Waals surface area contributed by atoms with Gasteiger partial charge in [0.1, 0.15) is 10.9 Å². The normalized spacial score (nSPS) is 10.4. The first kappa shape index (κ1) is 10.7. The van der Waals surface area contributed by atoms with Gasteiger partial charge in [-0.3, -0.25) is 5.10 Å². The third-order valence-corrected chi connectivity index (χ3v) is 2.46. The van der Waals surface area contributed by atoms with Gasteiger partial charge in [0.15, 0.2) is 0 Å². The molecule has 84 valence electrons. The average Bonchev–Trinajstić information content (AvgIpc) is 2.63. The smallest absolute Gasteiger partial charge is 0.224 e. The largest absolute Gasteiger partial charge is 0.481 e. The Hall–Kier alpha value is -1.83. The van der Waals surface area contributed by atoms with E-state index in [9.17, 15) is 0 Å². The first-order valence-electron chi connectivity index (χ1n) is 4.43. The van der Waals surface area contributed by atoms with E-state index in [0.29, 0.717) is 16.1 Å². The summed E-state index contributed by atoms with van der Waals surface area (Å²) in [6.07, 6.45) is 0. The molecular weight excluding hydrogens is 228 g/mol. The van der Waals surface area contributed by atoms with Gasteiger partial charge in [-0.1, -0.05) is 0 Å². The maximum absolute atomic E-state index is 5.53. The van der Waals surface area contributed by atoms with Crippen LogP contribution in [-0.4, -0.2) is 32.3 Å². The van der Waals surface area contributed by atoms with E-state index in [4.69, 9.17) is 10.5 Å². The Morgan fingerprint density at radius 1 is 1.38 bits per heavy atom. The van der Waals surface area contributed by atoms with Crippen LogP contribution in [0.3, 0.4) is 0 Å². The van der Waals surface area contributed by atoms with Gasteiger partial charge in [-0.05, 0) is 18.7 Å². The van der Waals surface area contributed by atoms with Crippen LogP contribution in [0.1, 0.15) is 5.82 Å². The lowest BCUT2D eigenvalue weighted by Gasteiger charge is -2.01. The topological polar surface area (TPSA) is 103 Å². The number of ether oxygens (including phenoxy) is 1. The fraction of sp³-hybridized carbons (Fsp3) is 0.250. The molecule has 8 heteroatoms. The second-order valence-corrected chi connectivity index (χ2v) is 3.90. The summed E-state index contributed by atoms with van der Waals surface area (Å²) < 4.78 is 4.99. The highest BCUT2D eigenvalue weighted by Crippen LogP contribution is 2.25. The van der Waals surface area contributed by atoms with Crippen LogP contribution in [0, 0.1) is 6.92 Å². The van der Waals surface area contributed by atoms with E-state index in [0.717, 1.165) is 5.82 Å². The van der Waals surface area contributed by atoms with E-state index >= 15 is 0 Å². The summed E-state index contributed by atoms with van der Waals surface area (Å²) in [4.78, 5) is 12.1. The molecule has 16 heavy (non-hydrogen) atoms. The highest BCUT2D eigenvalue weighted by molar-refractivity contribution is 7.99. The molecule has 3 N–H and O–H groups in total. The SMILES string of the molecule is COc1cc(Sc2n[nH]c(C)n2)nc(N)n1. The van der Waals surface area contributed by atoms with Crippen LogP contribution >= 0.6 is 11.8 Å². The number of nitrogen functional groups attached to an aromatic ring is 1. The van der Waals surface area contributed by atoms with Crippen molar-refractivity contribution >= 4 is 17.7 Å². The highest BCUT2D eigenvalue weighted by Gasteiger charge is 2.07. The standard InChI is InChI=1S/C8H10N6OS/c1-4-10-8(14-13-4)16-6-3-5(15-2)11-7(9)12-6/h3H,1-2H3,(H2,9,11,12)(H,10,13,14). The summed E-state index contributed by atoms with van der Waals surface area (Å²) in [5.74, 6) is 1.33. The molecule has 0 saturated heterocycles. The molecule has 0 aliphatic rings. The van der Waals surface area contributed by atoms with Crippen molar-refractivity contribution < 1.29 is 4.74 Å². The van der Waals surface area contributed by atoms with Gasteiger partial charge in [-0.25, -0.2) is 9.97 Å². The van der Waals surface area contributed by atoms with Gasteiger partial charge in [-0.2, -0.15) is 4.98 Å². The number of hydrogen-bond acceptors (Lipinski definition) is 7. The third kappa shape index (κ3) is 2.40. The van der Waals surface area contributed by atoms with Crippen molar-refractivity contribution in [2.24, 2.45) is 0 Å². The molecule has 0 unspecified atom stereocenters. The molecule has 0 aliphatic carbocycles. The van der Waals surface area contributed by atoms with Crippen molar-refractivity contribution in [2.75, 3.05) is 12.8 Å². The van der Waals surface area contributed by atoms with Crippen LogP contribution < -0.4 is 10.5 Å². The molecule has 0 atom stereocenters. The van der Waals surface area contributed by atoms with Crippen molar-refractivity contribution in [1.82, 2.24) is 25.1 Å². The van der Waals surface area contributed by atoms with Crippen LogP contribution in [-0.2, 0) is 0 Å². The molecule has 0 amide bonds. The monoisotopic (exact) mass is 238 g/mol. The van der Waals surface area contributed by atoms with E-state index in [2.05, 4.69) is 25.1 Å². The van der Waals surface area contributed by atoms with E-state index < -0.39 is 0 Å². The Kier molecular flexibility index (Phi) is 2.91. The molecule has 2 rings (SSSR count). The Morgan fingerprint density at radius 2 is 2.19 bits per heavy atom. The van der Waals surface area contributed by atoms with Gasteiger partial charge in [0.25, 0.3) is 0 Å². The summed E-state index contributed by atoms with van der Waals surface area (Å²) in [6, 6.07) is 1.67. The zero-order valence-electron chi connectivity index (χ0n) is 8.76. The lowest BCUT2D eigenvalue weighted by atomic mass is 10.6. The molecule has 0 bridgehead atoms. The average molecular weight is 238 g/mol. The molecule has 0 radical (unpaired) electrons. The quantitative estimate of drug-likeness (QED) is 0.756. The second kappa shape index (κ2) is 4.35. The Morgan fingerprint density at radius 3 is 2.81 bits per heavy atom. The zero-order valence-corrected chi connectivity index (χ0v) is 9.58. The Bertz CT molecular complexity index is 499. The maximum atomic E-state index is 5.53. The molecule has 0 aromatic carbocycles. The first-order chi connectivity index (χ1) is 7.67. The summed E-state index contributed by atoms with van der Waals surface area (Å²) >= 11 is 1.29. The summed E-state index contributed by atoms with van der Waals surface area (Å²) in [6.45, 7) is 1.83. The first-order valence-corrected chi connectivity index (χ1v) is 5.24. The number of hydrogen-bond donors (Lipinski definition) is 2. The minimum absolute atomic E-state index is 0.161. The van der Waals surface area contributed by atoms with Crippen molar-refractivity contribution in [3.05, 3.63) is 11.9 Å². The number of nitrogens with zero attached hydrogens (tertiary/aromatic N) is 4. The third-order valence-electron chi connectivity index (χ3n) is 1.68. The predicted molar refractivity (Wildman–Crippen MR) is 58.2 cm³/mol. The lowest BCUT2D eigenvalue weighted by molar-refractivity contribution is 0.396. The maximum Gasteiger partial charge on any atom is 0.224 e. The van der Waals surface area contributed by atoms with Crippen LogP contribution in [0.2, 0.25) is 0 Å². The molecule has 0 spiro atoms. The van der Waals surface area contributed by atoms with E-state index in [1.54, 1.807) is 6.07 Å². The minimum atomic E-state index is 0.161. The molecule has 2 aromatic rings. The van der Waals surface area contributed by atoms with E-state index in [-0.39, 0.29) is 5.95 Å². The predicted octanol–water partition coefficient (Wildman–Crippen LogP) is 0.645. The van der Waals surface area contributed by atoms with Crippen molar-refractivity contribution in [1.29, 1.82) is 0 Å². The van der Waals surface area contributed by atoms with Gasteiger partial charge in [0.2, 0.25) is 17.0 Å².